The van der Waals surface area contributed by atoms with Gasteiger partial charge in [-0.15, -0.1) is 13.2 Å². The standard InChI is InChI=1S/C18H12F5N3O3/c1-9-24-16-11(3-2-4-14(16)29-18(21,22)23)17(28)26(9)25-15(27)8-10-5-6-12(19)13(20)7-10/h2-7H,8H2,1H3,(H,25,27). The first-order chi connectivity index (χ1) is 13.5. The molecule has 152 valence electrons. The zero-order valence-corrected chi connectivity index (χ0v) is 14.7. The minimum absolute atomic E-state index is 0.112. The molecular formula is C18H12F5N3O3. The van der Waals surface area contributed by atoms with E-state index in [1.54, 1.807) is 0 Å². The first kappa shape index (κ1) is 20.2. The molecule has 0 bridgehead atoms. The summed E-state index contributed by atoms with van der Waals surface area (Å²) in [5.41, 5.74) is 1.24. The minimum atomic E-state index is -4.97. The number of benzene rings is 2. The SMILES string of the molecule is Cc1nc2c(OC(F)(F)F)cccc2c(=O)n1NC(=O)Cc1ccc(F)c(F)c1. The van der Waals surface area contributed by atoms with Gasteiger partial charge in [0, 0.05) is 0 Å². The van der Waals surface area contributed by atoms with Gasteiger partial charge in [-0.2, -0.15) is 0 Å². The van der Waals surface area contributed by atoms with Crippen molar-refractivity contribution in [2.75, 3.05) is 5.43 Å². The van der Waals surface area contributed by atoms with Crippen molar-refractivity contribution in [3.63, 3.8) is 0 Å². The number of halogens is 5. The number of nitrogens with one attached hydrogen (secondary N) is 1. The second-order valence-electron chi connectivity index (χ2n) is 5.96. The van der Waals surface area contributed by atoms with Crippen molar-refractivity contribution in [2.24, 2.45) is 0 Å². The van der Waals surface area contributed by atoms with Crippen LogP contribution >= 0.6 is 0 Å². The summed E-state index contributed by atoms with van der Waals surface area (Å²) >= 11 is 0. The minimum Gasteiger partial charge on any atom is -0.403 e. The molecule has 0 fully saturated rings. The molecular weight excluding hydrogens is 401 g/mol. The number of carbonyl (C=O) groups excluding carboxylic acids is 1. The lowest BCUT2D eigenvalue weighted by Gasteiger charge is -2.14. The second-order valence-corrected chi connectivity index (χ2v) is 5.96. The highest BCUT2D eigenvalue weighted by Gasteiger charge is 2.32. The molecule has 0 aliphatic carbocycles. The lowest BCUT2D eigenvalue weighted by atomic mass is 10.1. The molecule has 0 radical (unpaired) electrons. The molecule has 0 atom stereocenters. The van der Waals surface area contributed by atoms with Crippen LogP contribution in [0.3, 0.4) is 0 Å². The number of hydrogen-bond donors (Lipinski definition) is 1. The maximum Gasteiger partial charge on any atom is 0.573 e. The largest absolute Gasteiger partial charge is 0.573 e. The van der Waals surface area contributed by atoms with Crippen LogP contribution in [0.2, 0.25) is 0 Å². The lowest BCUT2D eigenvalue weighted by molar-refractivity contribution is -0.274. The van der Waals surface area contributed by atoms with Crippen molar-refractivity contribution in [3.8, 4) is 5.75 Å². The molecule has 0 saturated carbocycles. The smallest absolute Gasteiger partial charge is 0.403 e. The summed E-state index contributed by atoms with van der Waals surface area (Å²) in [4.78, 5) is 28.7. The molecule has 3 aromatic rings. The first-order valence-electron chi connectivity index (χ1n) is 8.07. The molecule has 1 N–H and O–H groups in total. The Morgan fingerprint density at radius 2 is 1.90 bits per heavy atom. The van der Waals surface area contributed by atoms with Crippen molar-refractivity contribution in [1.29, 1.82) is 0 Å². The highest BCUT2D eigenvalue weighted by Crippen LogP contribution is 2.28. The number of nitrogens with zero attached hydrogens (tertiary/aromatic N) is 2. The average molecular weight is 413 g/mol. The maximum atomic E-state index is 13.3. The third-order valence-electron chi connectivity index (χ3n) is 3.84. The van der Waals surface area contributed by atoms with Crippen LogP contribution in [0, 0.1) is 18.6 Å². The summed E-state index contributed by atoms with van der Waals surface area (Å²) in [6.45, 7) is 1.29. The third kappa shape index (κ3) is 4.50. The van der Waals surface area contributed by atoms with E-state index >= 15 is 0 Å². The molecule has 0 aliphatic heterocycles. The Labute approximate surface area is 159 Å². The number of amides is 1. The van der Waals surface area contributed by atoms with E-state index in [2.05, 4.69) is 15.1 Å². The highest BCUT2D eigenvalue weighted by atomic mass is 19.4. The van der Waals surface area contributed by atoms with Gasteiger partial charge in [0.25, 0.3) is 5.56 Å². The lowest BCUT2D eigenvalue weighted by Crippen LogP contribution is -2.36. The fourth-order valence-corrected chi connectivity index (χ4v) is 2.63. The van der Waals surface area contributed by atoms with E-state index in [1.165, 1.54) is 25.1 Å². The van der Waals surface area contributed by atoms with E-state index in [9.17, 15) is 31.5 Å². The Morgan fingerprint density at radius 1 is 1.17 bits per heavy atom. The van der Waals surface area contributed by atoms with Gasteiger partial charge in [-0.1, -0.05) is 12.1 Å². The van der Waals surface area contributed by atoms with Gasteiger partial charge in [0.1, 0.15) is 11.3 Å². The predicted octanol–water partition coefficient (Wildman–Crippen LogP) is 3.19. The number of ether oxygens (including phenoxy) is 1. The first-order valence-corrected chi connectivity index (χ1v) is 8.07. The topological polar surface area (TPSA) is 73.2 Å². The Balaban J connectivity index is 1.92. The van der Waals surface area contributed by atoms with E-state index in [1.807, 2.05) is 0 Å². The van der Waals surface area contributed by atoms with Gasteiger partial charge in [-0.3, -0.25) is 15.0 Å². The average Bonchev–Trinajstić information content (AvgIpc) is 2.61. The number of carbonyl (C=O) groups is 1. The summed E-state index contributed by atoms with van der Waals surface area (Å²) in [6.07, 6.45) is -5.35. The summed E-state index contributed by atoms with van der Waals surface area (Å²) in [6, 6.07) is 6.31. The van der Waals surface area contributed by atoms with Gasteiger partial charge in [0.05, 0.1) is 11.8 Å². The molecule has 11 heteroatoms. The van der Waals surface area contributed by atoms with Crippen LogP contribution in [0.15, 0.2) is 41.2 Å². The van der Waals surface area contributed by atoms with Crippen molar-refractivity contribution in [2.45, 2.75) is 19.7 Å². The van der Waals surface area contributed by atoms with E-state index in [-0.39, 0.29) is 28.7 Å². The van der Waals surface area contributed by atoms with Crippen LogP contribution in [0.1, 0.15) is 11.4 Å². The van der Waals surface area contributed by atoms with Crippen LogP contribution in [-0.4, -0.2) is 21.9 Å². The van der Waals surface area contributed by atoms with Gasteiger partial charge in [-0.05, 0) is 36.8 Å². The monoisotopic (exact) mass is 413 g/mol. The quantitative estimate of drug-likeness (QED) is 0.667. The van der Waals surface area contributed by atoms with Crippen molar-refractivity contribution < 1.29 is 31.5 Å². The van der Waals surface area contributed by atoms with E-state index in [0.717, 1.165) is 22.9 Å². The highest BCUT2D eigenvalue weighted by molar-refractivity contribution is 5.87. The molecule has 0 spiro atoms. The number of para-hydroxylation sites is 1. The number of aryl methyl sites for hydroxylation is 1. The molecule has 3 rings (SSSR count). The van der Waals surface area contributed by atoms with E-state index < -0.39 is 35.2 Å². The Hall–Kier alpha value is -3.50. The number of alkyl halides is 3. The maximum absolute atomic E-state index is 13.3. The van der Waals surface area contributed by atoms with Crippen molar-refractivity contribution in [3.05, 3.63) is 69.8 Å². The van der Waals surface area contributed by atoms with Crippen LogP contribution in [0.25, 0.3) is 10.9 Å². The molecule has 1 heterocycles. The van der Waals surface area contributed by atoms with Gasteiger partial charge in [-0.25, -0.2) is 18.4 Å². The molecule has 1 amide bonds. The Bertz CT molecular complexity index is 1160. The molecule has 6 nitrogen and oxygen atoms in total. The molecule has 29 heavy (non-hydrogen) atoms. The van der Waals surface area contributed by atoms with E-state index in [0.29, 0.717) is 0 Å². The van der Waals surface area contributed by atoms with E-state index in [4.69, 9.17) is 0 Å². The van der Waals surface area contributed by atoms with Crippen LogP contribution in [0.4, 0.5) is 22.0 Å². The molecule has 0 saturated heterocycles. The second kappa shape index (κ2) is 7.49. The van der Waals surface area contributed by atoms with Crippen molar-refractivity contribution in [1.82, 2.24) is 9.66 Å². The van der Waals surface area contributed by atoms with Gasteiger partial charge in [0.2, 0.25) is 5.91 Å². The molecule has 0 unspecified atom stereocenters. The number of aromatic nitrogens is 2. The molecule has 0 aliphatic rings. The van der Waals surface area contributed by atoms with Crippen LogP contribution in [0.5, 0.6) is 5.75 Å². The van der Waals surface area contributed by atoms with Crippen molar-refractivity contribution >= 4 is 16.8 Å². The Kier molecular flexibility index (Phi) is 5.23. The summed E-state index contributed by atoms with van der Waals surface area (Å²) in [5, 5.41) is -0.217. The van der Waals surface area contributed by atoms with Crippen LogP contribution < -0.4 is 15.7 Å². The number of rotatable bonds is 4. The predicted molar refractivity (Wildman–Crippen MR) is 91.9 cm³/mol. The third-order valence-corrected chi connectivity index (χ3v) is 3.84. The number of hydrogen-bond acceptors (Lipinski definition) is 4. The zero-order chi connectivity index (χ0) is 21.3. The number of fused-ring (bicyclic) bond motifs is 1. The fourth-order valence-electron chi connectivity index (χ4n) is 2.63. The van der Waals surface area contributed by atoms with Gasteiger partial charge >= 0.3 is 6.36 Å². The van der Waals surface area contributed by atoms with Gasteiger partial charge in [0.15, 0.2) is 17.4 Å². The summed E-state index contributed by atoms with van der Waals surface area (Å²) < 4.78 is 68.5. The molecule has 1 aromatic heterocycles. The van der Waals surface area contributed by atoms with Crippen LogP contribution in [-0.2, 0) is 11.2 Å². The summed E-state index contributed by atoms with van der Waals surface area (Å²) in [7, 11) is 0. The normalized spacial score (nSPS) is 11.5. The Morgan fingerprint density at radius 3 is 2.55 bits per heavy atom. The zero-order valence-electron chi connectivity index (χ0n) is 14.7. The molecule has 2 aromatic carbocycles. The summed E-state index contributed by atoms with van der Waals surface area (Å²) in [5.74, 6) is -3.72. The van der Waals surface area contributed by atoms with Gasteiger partial charge < -0.3 is 4.74 Å². The fraction of sp³-hybridized carbons (Fsp3) is 0.167.